The van der Waals surface area contributed by atoms with Crippen molar-refractivity contribution in [3.8, 4) is 11.1 Å². The molecule has 150 valence electrons. The van der Waals surface area contributed by atoms with Crippen LogP contribution in [0.1, 0.15) is 56.1 Å². The Hall–Kier alpha value is -2.10. The van der Waals surface area contributed by atoms with Gasteiger partial charge in [-0.05, 0) is 60.3 Å². The lowest BCUT2D eigenvalue weighted by molar-refractivity contribution is -0.0820. The van der Waals surface area contributed by atoms with Gasteiger partial charge in [0.2, 0.25) is 0 Å². The van der Waals surface area contributed by atoms with Crippen molar-refractivity contribution in [3.05, 3.63) is 71.6 Å². The molecule has 1 fully saturated rings. The zero-order valence-corrected chi connectivity index (χ0v) is 16.1. The summed E-state index contributed by atoms with van der Waals surface area (Å²) in [5.74, 6) is -1.33. The van der Waals surface area contributed by atoms with Gasteiger partial charge in [-0.1, -0.05) is 61.9 Å². The van der Waals surface area contributed by atoms with Crippen molar-refractivity contribution in [2.75, 3.05) is 0 Å². The molecule has 3 rings (SSSR count). The van der Waals surface area contributed by atoms with Gasteiger partial charge in [-0.3, -0.25) is 0 Å². The maximum absolute atomic E-state index is 13.8. The third-order valence-electron chi connectivity index (χ3n) is 5.63. The maximum atomic E-state index is 13.8. The summed E-state index contributed by atoms with van der Waals surface area (Å²) in [6.07, 6.45) is -0.186. The molecule has 4 heteroatoms. The summed E-state index contributed by atoms with van der Waals surface area (Å²) in [6.45, 7) is 2.17. The van der Waals surface area contributed by atoms with Gasteiger partial charge in [0.05, 0.1) is 6.08 Å². The highest BCUT2D eigenvalue weighted by molar-refractivity contribution is 5.64. The molecule has 0 heterocycles. The monoisotopic (exact) mass is 390 g/mol. The normalized spacial score (nSPS) is 21.0. The van der Waals surface area contributed by atoms with E-state index in [9.17, 15) is 17.6 Å². The molecular weight excluding hydrogens is 364 g/mol. The molecule has 1 saturated carbocycles. The van der Waals surface area contributed by atoms with Crippen molar-refractivity contribution in [3.63, 3.8) is 0 Å². The van der Waals surface area contributed by atoms with E-state index in [1.165, 1.54) is 16.7 Å². The molecule has 0 radical (unpaired) electrons. The van der Waals surface area contributed by atoms with Crippen molar-refractivity contribution in [2.24, 2.45) is 5.92 Å². The molecule has 0 spiro atoms. The Bertz CT molecular complexity index is 777. The van der Waals surface area contributed by atoms with E-state index in [-0.39, 0.29) is 12.0 Å². The second-order valence-electron chi connectivity index (χ2n) is 7.69. The van der Waals surface area contributed by atoms with E-state index >= 15 is 0 Å². The summed E-state index contributed by atoms with van der Waals surface area (Å²) >= 11 is 0. The van der Waals surface area contributed by atoms with Crippen LogP contribution in [0.5, 0.6) is 0 Å². The van der Waals surface area contributed by atoms with Crippen molar-refractivity contribution in [2.45, 2.75) is 57.5 Å². The van der Waals surface area contributed by atoms with E-state index in [4.69, 9.17) is 0 Å². The lowest BCUT2D eigenvalue weighted by atomic mass is 9.78. The zero-order valence-electron chi connectivity index (χ0n) is 16.1. The predicted octanol–water partition coefficient (Wildman–Crippen LogP) is 8.00. The van der Waals surface area contributed by atoms with Gasteiger partial charge >= 0.3 is 6.18 Å². The van der Waals surface area contributed by atoms with E-state index in [1.807, 2.05) is 0 Å². The van der Waals surface area contributed by atoms with E-state index < -0.39 is 17.9 Å². The van der Waals surface area contributed by atoms with Gasteiger partial charge in [-0.2, -0.15) is 13.2 Å². The molecule has 0 nitrogen and oxygen atoms in total. The molecule has 0 bridgehead atoms. The summed E-state index contributed by atoms with van der Waals surface area (Å²) in [6, 6.07) is 17.0. The number of rotatable bonds is 5. The van der Waals surface area contributed by atoms with Crippen molar-refractivity contribution >= 4 is 0 Å². The molecule has 0 amide bonds. The third kappa shape index (κ3) is 5.46. The molecule has 1 aliphatic carbocycles. The van der Waals surface area contributed by atoms with Crippen LogP contribution in [0.15, 0.2) is 60.4 Å². The molecule has 0 atom stereocenters. The van der Waals surface area contributed by atoms with Crippen LogP contribution in [0, 0.1) is 5.92 Å². The van der Waals surface area contributed by atoms with Crippen molar-refractivity contribution < 1.29 is 17.6 Å². The fourth-order valence-corrected chi connectivity index (χ4v) is 4.08. The number of alkyl halides is 3. The predicted molar refractivity (Wildman–Crippen MR) is 106 cm³/mol. The van der Waals surface area contributed by atoms with E-state index in [0.717, 1.165) is 31.2 Å². The standard InChI is InChI=1S/C24H26F4/c1-2-3-17-4-6-18(7-5-17)19-8-10-20(11-9-19)21-12-14-22(15-13-21)23(25)16-24(26,27)28/h4-11,16,21-22H,2-3,12-15H2,1H3. The van der Waals surface area contributed by atoms with Crippen molar-refractivity contribution in [1.29, 1.82) is 0 Å². The summed E-state index contributed by atoms with van der Waals surface area (Å²) in [4.78, 5) is 0. The molecule has 0 unspecified atom stereocenters. The van der Waals surface area contributed by atoms with Crippen LogP contribution in [0.2, 0.25) is 0 Å². The molecule has 0 N–H and O–H groups in total. The second-order valence-corrected chi connectivity index (χ2v) is 7.69. The van der Waals surface area contributed by atoms with Crippen LogP contribution in [0.3, 0.4) is 0 Å². The van der Waals surface area contributed by atoms with Gasteiger partial charge in [0.15, 0.2) is 0 Å². The van der Waals surface area contributed by atoms with Gasteiger partial charge in [-0.25, -0.2) is 4.39 Å². The first kappa shape index (κ1) is 20.6. The minimum absolute atomic E-state index is 0.182. The van der Waals surface area contributed by atoms with Crippen LogP contribution < -0.4 is 0 Å². The lowest BCUT2D eigenvalue weighted by Crippen LogP contribution is -2.15. The van der Waals surface area contributed by atoms with Gasteiger partial charge in [0.25, 0.3) is 0 Å². The van der Waals surface area contributed by atoms with Gasteiger partial charge in [0, 0.05) is 5.92 Å². The molecule has 0 aliphatic heterocycles. The lowest BCUT2D eigenvalue weighted by Gasteiger charge is -2.28. The number of allylic oxidation sites excluding steroid dienone is 2. The van der Waals surface area contributed by atoms with Gasteiger partial charge in [0.1, 0.15) is 5.83 Å². The summed E-state index contributed by atoms with van der Waals surface area (Å²) in [5, 5.41) is 0. The number of aryl methyl sites for hydroxylation is 1. The summed E-state index contributed by atoms with van der Waals surface area (Å²) in [5.41, 5.74) is 4.85. The highest BCUT2D eigenvalue weighted by Crippen LogP contribution is 2.40. The smallest absolute Gasteiger partial charge is 0.212 e. The van der Waals surface area contributed by atoms with Crippen LogP contribution in [0.4, 0.5) is 17.6 Å². The van der Waals surface area contributed by atoms with Gasteiger partial charge in [-0.15, -0.1) is 0 Å². The van der Waals surface area contributed by atoms with Crippen molar-refractivity contribution in [1.82, 2.24) is 0 Å². The molecule has 2 aromatic rings. The molecular formula is C24H26F4. The largest absolute Gasteiger partial charge is 0.412 e. The minimum Gasteiger partial charge on any atom is -0.212 e. The van der Waals surface area contributed by atoms with E-state index in [2.05, 4.69) is 55.5 Å². The molecule has 0 saturated heterocycles. The Morgan fingerprint density at radius 3 is 1.93 bits per heavy atom. The number of halogens is 4. The maximum Gasteiger partial charge on any atom is 0.412 e. The summed E-state index contributed by atoms with van der Waals surface area (Å²) in [7, 11) is 0. The SMILES string of the molecule is CCCc1ccc(-c2ccc(C3CCC(C(F)=CC(F)(F)F)CC3)cc2)cc1. The topological polar surface area (TPSA) is 0 Å². The first-order chi connectivity index (χ1) is 13.4. The Balaban J connectivity index is 1.61. The average molecular weight is 390 g/mol. The average Bonchev–Trinajstić information content (AvgIpc) is 2.68. The molecule has 1 aliphatic rings. The Labute approximate surface area is 164 Å². The summed E-state index contributed by atoms with van der Waals surface area (Å²) < 4.78 is 50.7. The van der Waals surface area contributed by atoms with E-state index in [0.29, 0.717) is 12.8 Å². The van der Waals surface area contributed by atoms with Crippen LogP contribution in [-0.2, 0) is 6.42 Å². The highest BCUT2D eigenvalue weighted by atomic mass is 19.4. The third-order valence-corrected chi connectivity index (χ3v) is 5.63. The van der Waals surface area contributed by atoms with Crippen LogP contribution >= 0.6 is 0 Å². The Kier molecular flexibility index (Phi) is 6.58. The second kappa shape index (κ2) is 8.93. The first-order valence-electron chi connectivity index (χ1n) is 10.00. The van der Waals surface area contributed by atoms with Crippen LogP contribution in [0.25, 0.3) is 11.1 Å². The van der Waals surface area contributed by atoms with Crippen LogP contribution in [-0.4, -0.2) is 6.18 Å². The van der Waals surface area contributed by atoms with E-state index in [1.54, 1.807) is 0 Å². The fourth-order valence-electron chi connectivity index (χ4n) is 4.08. The fraction of sp³-hybridized carbons (Fsp3) is 0.417. The van der Waals surface area contributed by atoms with Gasteiger partial charge < -0.3 is 0 Å². The quantitative estimate of drug-likeness (QED) is 0.454. The molecule has 0 aromatic heterocycles. The molecule has 28 heavy (non-hydrogen) atoms. The Morgan fingerprint density at radius 1 is 0.893 bits per heavy atom. The number of hydrogen-bond acceptors (Lipinski definition) is 0. The molecule has 2 aromatic carbocycles. The first-order valence-corrected chi connectivity index (χ1v) is 10.00. The Morgan fingerprint density at radius 2 is 1.43 bits per heavy atom. The number of benzene rings is 2. The highest BCUT2D eigenvalue weighted by Gasteiger charge is 2.30. The minimum atomic E-state index is -4.58. The zero-order chi connectivity index (χ0) is 20.1. The number of hydrogen-bond donors (Lipinski definition) is 0.